The van der Waals surface area contributed by atoms with E-state index in [1.165, 1.54) is 6.07 Å². The minimum absolute atomic E-state index is 0.0839. The van der Waals surface area contributed by atoms with Gasteiger partial charge < -0.3 is 5.32 Å². The lowest BCUT2D eigenvalue weighted by atomic mass is 9.95. The minimum atomic E-state index is -0.259. The molecule has 1 aliphatic heterocycles. The normalized spacial score (nSPS) is 17.9. The van der Waals surface area contributed by atoms with E-state index in [2.05, 4.69) is 24.1 Å². The van der Waals surface area contributed by atoms with E-state index in [1.54, 1.807) is 12.1 Å². The number of rotatable bonds is 6. The fourth-order valence-electron chi connectivity index (χ4n) is 3.11. The van der Waals surface area contributed by atoms with E-state index in [9.17, 15) is 9.18 Å². The summed E-state index contributed by atoms with van der Waals surface area (Å²) in [6.07, 6.45) is 3.76. The van der Waals surface area contributed by atoms with Gasteiger partial charge in [0.05, 0.1) is 0 Å². The fraction of sp³-hybridized carbons (Fsp3) is 0.611. The van der Waals surface area contributed by atoms with Crippen LogP contribution in [0.1, 0.15) is 45.1 Å². The van der Waals surface area contributed by atoms with Crippen molar-refractivity contribution in [3.8, 4) is 0 Å². The highest BCUT2D eigenvalue weighted by atomic mass is 35.5. The number of carbonyl (C=O) groups excluding carboxylic acids is 1. The van der Waals surface area contributed by atoms with Gasteiger partial charge in [0, 0.05) is 29.1 Å². The van der Waals surface area contributed by atoms with E-state index in [-0.39, 0.29) is 23.7 Å². The van der Waals surface area contributed by atoms with Gasteiger partial charge in [-0.2, -0.15) is 0 Å². The molecule has 0 spiro atoms. The standard InChI is InChI=1S/C18H26ClFN2O/c1-3-4-13(2)21-18(23)14-7-9-22(10-8-14)12-15-5-6-16(19)11-17(15)20/h5-6,11,13-14H,3-4,7-10,12H2,1-2H3,(H,21,23)/t13-/m1/s1. The lowest BCUT2D eigenvalue weighted by molar-refractivity contribution is -0.127. The number of benzene rings is 1. The molecule has 23 heavy (non-hydrogen) atoms. The topological polar surface area (TPSA) is 32.3 Å². The van der Waals surface area contributed by atoms with E-state index >= 15 is 0 Å². The Bertz CT molecular complexity index is 530. The third-order valence-corrected chi connectivity index (χ3v) is 4.71. The number of hydrogen-bond donors (Lipinski definition) is 1. The molecule has 5 heteroatoms. The van der Waals surface area contributed by atoms with Crippen molar-refractivity contribution in [3.63, 3.8) is 0 Å². The van der Waals surface area contributed by atoms with Gasteiger partial charge >= 0.3 is 0 Å². The molecule has 128 valence electrons. The lowest BCUT2D eigenvalue weighted by Crippen LogP contribution is -2.42. The van der Waals surface area contributed by atoms with Crippen LogP contribution < -0.4 is 5.32 Å². The number of nitrogens with zero attached hydrogens (tertiary/aromatic N) is 1. The average molecular weight is 341 g/mol. The molecule has 0 radical (unpaired) electrons. The van der Waals surface area contributed by atoms with Gasteiger partial charge in [0.1, 0.15) is 5.82 Å². The van der Waals surface area contributed by atoms with Gasteiger partial charge in [0.25, 0.3) is 0 Å². The van der Waals surface area contributed by atoms with Gasteiger partial charge in [-0.25, -0.2) is 4.39 Å². The Morgan fingerprint density at radius 2 is 2.13 bits per heavy atom. The third kappa shape index (κ3) is 5.47. The summed E-state index contributed by atoms with van der Waals surface area (Å²) in [7, 11) is 0. The highest BCUT2D eigenvalue weighted by molar-refractivity contribution is 6.30. The second-order valence-corrected chi connectivity index (χ2v) is 6.92. The van der Waals surface area contributed by atoms with Crippen molar-refractivity contribution in [1.82, 2.24) is 10.2 Å². The molecule has 0 unspecified atom stereocenters. The molecule has 1 aromatic carbocycles. The van der Waals surface area contributed by atoms with Crippen molar-refractivity contribution in [1.29, 1.82) is 0 Å². The third-order valence-electron chi connectivity index (χ3n) is 4.48. The molecule has 1 fully saturated rings. The van der Waals surface area contributed by atoms with Gasteiger partial charge in [0.2, 0.25) is 5.91 Å². The molecule has 0 bridgehead atoms. The first-order valence-corrected chi connectivity index (χ1v) is 8.84. The van der Waals surface area contributed by atoms with Crippen LogP contribution in [0, 0.1) is 11.7 Å². The van der Waals surface area contributed by atoms with Crippen LogP contribution in [0.3, 0.4) is 0 Å². The predicted octanol–water partition coefficient (Wildman–Crippen LogP) is 4.00. The summed E-state index contributed by atoms with van der Waals surface area (Å²) in [6.45, 7) is 6.39. The van der Waals surface area contributed by atoms with Crippen LogP contribution >= 0.6 is 11.6 Å². The van der Waals surface area contributed by atoms with Crippen LogP contribution in [-0.4, -0.2) is 29.9 Å². The lowest BCUT2D eigenvalue weighted by Gasteiger charge is -2.32. The summed E-state index contributed by atoms with van der Waals surface area (Å²) in [4.78, 5) is 14.4. The maximum atomic E-state index is 13.9. The Kier molecular flexibility index (Phi) is 6.85. The van der Waals surface area contributed by atoms with E-state index in [4.69, 9.17) is 11.6 Å². The first-order chi connectivity index (χ1) is 11.0. The van der Waals surface area contributed by atoms with Crippen molar-refractivity contribution in [2.45, 2.75) is 52.1 Å². The summed E-state index contributed by atoms with van der Waals surface area (Å²) in [5.41, 5.74) is 0.661. The smallest absolute Gasteiger partial charge is 0.223 e. The van der Waals surface area contributed by atoms with Crippen LogP contribution in [-0.2, 0) is 11.3 Å². The number of amides is 1. The summed E-state index contributed by atoms with van der Waals surface area (Å²) in [6, 6.07) is 5.05. The van der Waals surface area contributed by atoms with Crippen LogP contribution in [0.25, 0.3) is 0 Å². The van der Waals surface area contributed by atoms with Gasteiger partial charge in [-0.05, 0) is 51.4 Å². The van der Waals surface area contributed by atoms with E-state index in [0.717, 1.165) is 38.8 Å². The minimum Gasteiger partial charge on any atom is -0.353 e. The Balaban J connectivity index is 1.80. The van der Waals surface area contributed by atoms with Crippen molar-refractivity contribution in [2.75, 3.05) is 13.1 Å². The molecule has 1 saturated heterocycles. The molecule has 1 N–H and O–H groups in total. The molecular weight excluding hydrogens is 315 g/mol. The van der Waals surface area contributed by atoms with E-state index in [0.29, 0.717) is 17.1 Å². The number of carbonyl (C=O) groups is 1. The molecule has 2 rings (SSSR count). The summed E-state index contributed by atoms with van der Waals surface area (Å²) < 4.78 is 13.9. The summed E-state index contributed by atoms with van der Waals surface area (Å²) in [5.74, 6) is -0.00495. The average Bonchev–Trinajstić information content (AvgIpc) is 2.51. The van der Waals surface area contributed by atoms with Gasteiger partial charge in [-0.15, -0.1) is 0 Å². The predicted molar refractivity (Wildman–Crippen MR) is 91.9 cm³/mol. The van der Waals surface area contributed by atoms with Crippen molar-refractivity contribution in [3.05, 3.63) is 34.6 Å². The van der Waals surface area contributed by atoms with Crippen LogP contribution in [0.5, 0.6) is 0 Å². The van der Waals surface area contributed by atoms with Crippen LogP contribution in [0.4, 0.5) is 4.39 Å². The Labute approximate surface area is 143 Å². The Morgan fingerprint density at radius 1 is 1.43 bits per heavy atom. The van der Waals surface area contributed by atoms with Crippen LogP contribution in [0.15, 0.2) is 18.2 Å². The molecular formula is C18H26ClFN2O. The zero-order valence-corrected chi connectivity index (χ0v) is 14.7. The molecule has 0 saturated carbocycles. The van der Waals surface area contributed by atoms with Crippen molar-refractivity contribution < 1.29 is 9.18 Å². The van der Waals surface area contributed by atoms with Gasteiger partial charge in [-0.3, -0.25) is 9.69 Å². The number of hydrogen-bond acceptors (Lipinski definition) is 2. The molecule has 1 heterocycles. The largest absolute Gasteiger partial charge is 0.353 e. The van der Waals surface area contributed by atoms with E-state index < -0.39 is 0 Å². The van der Waals surface area contributed by atoms with Gasteiger partial charge in [0.15, 0.2) is 0 Å². The first-order valence-electron chi connectivity index (χ1n) is 8.46. The highest BCUT2D eigenvalue weighted by Gasteiger charge is 2.26. The number of halogens is 2. The summed E-state index contributed by atoms with van der Waals surface area (Å²) >= 11 is 5.78. The van der Waals surface area contributed by atoms with Gasteiger partial charge in [-0.1, -0.05) is 31.0 Å². The Hall–Kier alpha value is -1.13. The zero-order valence-electron chi connectivity index (χ0n) is 13.9. The van der Waals surface area contributed by atoms with Crippen molar-refractivity contribution in [2.24, 2.45) is 5.92 Å². The molecule has 1 amide bonds. The highest BCUT2D eigenvalue weighted by Crippen LogP contribution is 2.22. The maximum absolute atomic E-state index is 13.9. The van der Waals surface area contributed by atoms with Crippen LogP contribution in [0.2, 0.25) is 5.02 Å². The molecule has 1 aromatic rings. The maximum Gasteiger partial charge on any atom is 0.223 e. The second-order valence-electron chi connectivity index (χ2n) is 6.48. The second kappa shape index (κ2) is 8.65. The SMILES string of the molecule is CCC[C@@H](C)NC(=O)C1CCN(Cc2ccc(Cl)cc2F)CC1. The molecule has 0 aromatic heterocycles. The first kappa shape index (κ1) is 18.2. The molecule has 1 atom stereocenters. The quantitative estimate of drug-likeness (QED) is 0.849. The molecule has 0 aliphatic carbocycles. The number of nitrogens with one attached hydrogen (secondary N) is 1. The Morgan fingerprint density at radius 3 is 2.74 bits per heavy atom. The zero-order chi connectivity index (χ0) is 16.8. The summed E-state index contributed by atoms with van der Waals surface area (Å²) in [5, 5.41) is 3.52. The number of likely N-dealkylation sites (tertiary alicyclic amines) is 1. The molecule has 3 nitrogen and oxygen atoms in total. The molecule has 1 aliphatic rings. The van der Waals surface area contributed by atoms with Crippen molar-refractivity contribution >= 4 is 17.5 Å². The fourth-order valence-corrected chi connectivity index (χ4v) is 3.27. The van der Waals surface area contributed by atoms with E-state index in [1.807, 2.05) is 0 Å². The number of piperidine rings is 1. The monoisotopic (exact) mass is 340 g/mol.